The molecule has 6 heteroatoms. The molecule has 0 unspecified atom stereocenters. The minimum absolute atomic E-state index is 0.101. The fraction of sp³-hybridized carbons (Fsp3) is 0.867. The molecule has 1 heterocycles. The second kappa shape index (κ2) is 8.87. The summed E-state index contributed by atoms with van der Waals surface area (Å²) in [6.45, 7) is 6.92. The molecule has 2 N–H and O–H groups in total. The average Bonchev–Trinajstić information content (AvgIpc) is 2.46. The van der Waals surface area contributed by atoms with E-state index in [1.165, 1.54) is 0 Å². The number of piperidine rings is 1. The molecule has 0 aliphatic carbocycles. The van der Waals surface area contributed by atoms with Crippen LogP contribution in [0.25, 0.3) is 0 Å². The molecule has 6 nitrogen and oxygen atoms in total. The van der Waals surface area contributed by atoms with Crippen molar-refractivity contribution in [1.82, 2.24) is 10.2 Å². The van der Waals surface area contributed by atoms with E-state index < -0.39 is 11.4 Å². The summed E-state index contributed by atoms with van der Waals surface area (Å²) in [6, 6.07) is -0.101. The third-order valence-corrected chi connectivity index (χ3v) is 4.05. The Morgan fingerprint density at radius 2 is 1.86 bits per heavy atom. The lowest BCUT2D eigenvalue weighted by Gasteiger charge is -2.36. The SMILES string of the molecule is CCCCOCCCNC(=O)N1CCC(C)(C(=O)O)CC1. The molecule has 0 aromatic heterocycles. The molecule has 0 spiro atoms. The first kappa shape index (κ1) is 17.8. The van der Waals surface area contributed by atoms with Gasteiger partial charge in [0.1, 0.15) is 0 Å². The van der Waals surface area contributed by atoms with E-state index in [-0.39, 0.29) is 6.03 Å². The largest absolute Gasteiger partial charge is 0.481 e. The van der Waals surface area contributed by atoms with E-state index in [0.29, 0.717) is 39.1 Å². The van der Waals surface area contributed by atoms with Crippen LogP contribution < -0.4 is 5.32 Å². The van der Waals surface area contributed by atoms with Gasteiger partial charge in [-0.05, 0) is 32.6 Å². The summed E-state index contributed by atoms with van der Waals surface area (Å²) in [6.07, 6.45) is 4.02. The summed E-state index contributed by atoms with van der Waals surface area (Å²) < 4.78 is 5.42. The number of hydrogen-bond acceptors (Lipinski definition) is 3. The van der Waals surface area contributed by atoms with E-state index in [0.717, 1.165) is 25.9 Å². The number of rotatable bonds is 8. The third-order valence-electron chi connectivity index (χ3n) is 4.05. The lowest BCUT2D eigenvalue weighted by Crippen LogP contribution is -2.48. The van der Waals surface area contributed by atoms with Crippen molar-refractivity contribution in [3.05, 3.63) is 0 Å². The highest BCUT2D eigenvalue weighted by Gasteiger charge is 2.37. The molecule has 0 bridgehead atoms. The second-order valence-electron chi connectivity index (χ2n) is 5.90. The third kappa shape index (κ3) is 5.91. The van der Waals surface area contributed by atoms with Crippen molar-refractivity contribution in [3.8, 4) is 0 Å². The lowest BCUT2D eigenvalue weighted by molar-refractivity contribution is -0.150. The molecule has 1 rings (SSSR count). The first-order chi connectivity index (χ1) is 9.99. The van der Waals surface area contributed by atoms with Crippen LogP contribution in [-0.4, -0.2) is 54.9 Å². The normalized spacial score (nSPS) is 17.5. The summed E-state index contributed by atoms with van der Waals surface area (Å²) in [5.41, 5.74) is -0.691. The minimum atomic E-state index is -0.771. The predicted molar refractivity (Wildman–Crippen MR) is 80.3 cm³/mol. The summed E-state index contributed by atoms with van der Waals surface area (Å²) >= 11 is 0. The standard InChI is InChI=1S/C15H28N2O4/c1-3-4-11-21-12-5-8-16-14(20)17-9-6-15(2,7-10-17)13(18)19/h3-12H2,1-2H3,(H,16,20)(H,18,19). The smallest absolute Gasteiger partial charge is 0.317 e. The van der Waals surface area contributed by atoms with E-state index in [9.17, 15) is 9.59 Å². The molecule has 122 valence electrons. The number of hydrogen-bond donors (Lipinski definition) is 2. The Bertz CT molecular complexity index is 339. The van der Waals surface area contributed by atoms with E-state index >= 15 is 0 Å². The monoisotopic (exact) mass is 300 g/mol. The van der Waals surface area contributed by atoms with E-state index in [1.54, 1.807) is 11.8 Å². The zero-order valence-corrected chi connectivity index (χ0v) is 13.2. The molecule has 1 aliphatic rings. The van der Waals surface area contributed by atoms with Gasteiger partial charge in [0, 0.05) is 32.8 Å². The summed E-state index contributed by atoms with van der Waals surface area (Å²) in [5, 5.41) is 12.0. The van der Waals surface area contributed by atoms with Gasteiger partial charge in [-0.1, -0.05) is 13.3 Å². The topological polar surface area (TPSA) is 78.9 Å². The Kier molecular flexibility index (Phi) is 7.50. The zero-order chi connectivity index (χ0) is 15.7. The van der Waals surface area contributed by atoms with Crippen LogP contribution in [0.1, 0.15) is 46.0 Å². The van der Waals surface area contributed by atoms with Gasteiger partial charge in [0.25, 0.3) is 0 Å². The number of carboxylic acids is 1. The number of carbonyl (C=O) groups excluding carboxylic acids is 1. The number of ether oxygens (including phenoxy) is 1. The molecule has 0 aromatic rings. The quantitative estimate of drug-likeness (QED) is 0.673. The van der Waals surface area contributed by atoms with Gasteiger partial charge in [-0.25, -0.2) is 4.79 Å². The van der Waals surface area contributed by atoms with Crippen LogP contribution >= 0.6 is 0 Å². The molecular formula is C15H28N2O4. The van der Waals surface area contributed by atoms with Gasteiger partial charge in [-0.3, -0.25) is 4.79 Å². The van der Waals surface area contributed by atoms with Crippen LogP contribution in [0.5, 0.6) is 0 Å². The van der Waals surface area contributed by atoms with Crippen molar-refractivity contribution in [1.29, 1.82) is 0 Å². The fourth-order valence-electron chi connectivity index (χ4n) is 2.25. The number of nitrogens with zero attached hydrogens (tertiary/aromatic N) is 1. The Balaban J connectivity index is 2.13. The maximum atomic E-state index is 11.9. The summed E-state index contributed by atoms with van der Waals surface area (Å²) in [4.78, 5) is 24.8. The van der Waals surface area contributed by atoms with Gasteiger partial charge in [0.2, 0.25) is 0 Å². The first-order valence-electron chi connectivity index (χ1n) is 7.83. The minimum Gasteiger partial charge on any atom is -0.481 e. The fourth-order valence-corrected chi connectivity index (χ4v) is 2.25. The molecular weight excluding hydrogens is 272 g/mol. The first-order valence-corrected chi connectivity index (χ1v) is 7.83. The number of amides is 2. The highest BCUT2D eigenvalue weighted by Crippen LogP contribution is 2.30. The second-order valence-corrected chi connectivity index (χ2v) is 5.90. The van der Waals surface area contributed by atoms with E-state index in [1.807, 2.05) is 0 Å². The van der Waals surface area contributed by atoms with Crippen molar-refractivity contribution in [2.45, 2.75) is 46.0 Å². The van der Waals surface area contributed by atoms with Crippen LogP contribution in [0, 0.1) is 5.41 Å². The molecule has 2 amide bonds. The molecule has 0 aromatic carbocycles. The van der Waals surface area contributed by atoms with Gasteiger partial charge < -0.3 is 20.1 Å². The Labute approximate surface area is 126 Å². The number of carbonyl (C=O) groups is 2. The number of nitrogens with one attached hydrogen (secondary N) is 1. The molecule has 1 aliphatic heterocycles. The van der Waals surface area contributed by atoms with Crippen molar-refractivity contribution in [3.63, 3.8) is 0 Å². The van der Waals surface area contributed by atoms with Crippen molar-refractivity contribution in [2.24, 2.45) is 5.41 Å². The molecule has 1 saturated heterocycles. The van der Waals surface area contributed by atoms with Crippen LogP contribution in [0.4, 0.5) is 4.79 Å². The number of likely N-dealkylation sites (tertiary alicyclic amines) is 1. The number of aliphatic carboxylic acids is 1. The van der Waals surface area contributed by atoms with Crippen LogP contribution in [-0.2, 0) is 9.53 Å². The zero-order valence-electron chi connectivity index (χ0n) is 13.2. The Hall–Kier alpha value is -1.30. The maximum Gasteiger partial charge on any atom is 0.317 e. The van der Waals surface area contributed by atoms with Crippen LogP contribution in [0.3, 0.4) is 0 Å². The van der Waals surface area contributed by atoms with Crippen molar-refractivity contribution >= 4 is 12.0 Å². The number of urea groups is 1. The summed E-state index contributed by atoms with van der Waals surface area (Å²) in [7, 11) is 0. The summed E-state index contributed by atoms with van der Waals surface area (Å²) in [5.74, 6) is -0.771. The molecule has 0 saturated carbocycles. The van der Waals surface area contributed by atoms with Gasteiger partial charge >= 0.3 is 12.0 Å². The van der Waals surface area contributed by atoms with Crippen molar-refractivity contribution in [2.75, 3.05) is 32.8 Å². The number of carboxylic acid groups (broad SMARTS) is 1. The molecule has 1 fully saturated rings. The highest BCUT2D eigenvalue weighted by molar-refractivity contribution is 5.76. The van der Waals surface area contributed by atoms with Gasteiger partial charge in [-0.2, -0.15) is 0 Å². The Morgan fingerprint density at radius 1 is 1.24 bits per heavy atom. The molecule has 0 radical (unpaired) electrons. The predicted octanol–water partition coefficient (Wildman–Crippen LogP) is 2.09. The lowest BCUT2D eigenvalue weighted by atomic mass is 9.80. The van der Waals surface area contributed by atoms with E-state index in [2.05, 4.69) is 12.2 Å². The molecule has 0 atom stereocenters. The van der Waals surface area contributed by atoms with Gasteiger partial charge in [0.05, 0.1) is 5.41 Å². The Morgan fingerprint density at radius 3 is 2.43 bits per heavy atom. The highest BCUT2D eigenvalue weighted by atomic mass is 16.5. The maximum absolute atomic E-state index is 11.9. The van der Waals surface area contributed by atoms with Gasteiger partial charge in [-0.15, -0.1) is 0 Å². The molecule has 21 heavy (non-hydrogen) atoms. The van der Waals surface area contributed by atoms with Gasteiger partial charge in [0.15, 0.2) is 0 Å². The van der Waals surface area contributed by atoms with Crippen molar-refractivity contribution < 1.29 is 19.4 Å². The average molecular weight is 300 g/mol. The van der Waals surface area contributed by atoms with E-state index in [4.69, 9.17) is 9.84 Å². The van der Waals surface area contributed by atoms with Crippen LogP contribution in [0.15, 0.2) is 0 Å². The van der Waals surface area contributed by atoms with Crippen LogP contribution in [0.2, 0.25) is 0 Å². The number of unbranched alkanes of at least 4 members (excludes halogenated alkanes) is 1.